The molecule has 0 rings (SSSR count). The molecule has 0 aliphatic carbocycles. The topological polar surface area (TPSA) is 41.5 Å². The minimum absolute atomic E-state index is 0. The first-order valence-electron chi connectivity index (χ1n) is 5.32. The molecule has 2 atom stereocenters. The van der Waals surface area contributed by atoms with E-state index in [2.05, 4.69) is 27.7 Å². The zero-order chi connectivity index (χ0) is 11.4. The van der Waals surface area contributed by atoms with Gasteiger partial charge in [-0.2, -0.15) is 0 Å². The molecule has 0 radical (unpaired) electrons. The fourth-order valence-corrected chi connectivity index (χ4v) is 1.24. The van der Waals surface area contributed by atoms with Gasteiger partial charge in [0, 0.05) is 0 Å². The molecule has 14 heavy (non-hydrogen) atoms. The van der Waals surface area contributed by atoms with Gasteiger partial charge in [0.2, 0.25) is 0 Å². The molecule has 0 fully saturated rings. The van der Waals surface area contributed by atoms with Crippen molar-refractivity contribution in [3.8, 4) is 0 Å². The average molecular weight is 218 g/mol. The first-order valence-corrected chi connectivity index (χ1v) is 6.27. The molecule has 0 saturated heterocycles. The number of hydrogen-bond donors (Lipinski definition) is 0. The van der Waals surface area contributed by atoms with E-state index in [4.69, 9.17) is 12.7 Å². The molecule has 3 nitrogen and oxygen atoms in total. The zero-order valence-corrected chi connectivity index (χ0v) is 11.2. The van der Waals surface area contributed by atoms with Crippen LogP contribution in [-0.4, -0.2) is 34.7 Å². The third-order valence-electron chi connectivity index (χ3n) is 1.73. The van der Waals surface area contributed by atoms with E-state index in [1.165, 1.54) is 0 Å². The van der Waals surface area contributed by atoms with Crippen LogP contribution in [-0.2, 0) is 7.58 Å². The van der Waals surface area contributed by atoms with E-state index in [0.29, 0.717) is 12.2 Å². The summed E-state index contributed by atoms with van der Waals surface area (Å²) in [5, 5.41) is 8.93. The van der Waals surface area contributed by atoms with Gasteiger partial charge in [-0.15, -0.1) is 6.61 Å². The number of hydrogen-bond acceptors (Lipinski definition) is 3. The maximum atomic E-state index is 8.93. The monoisotopic (exact) mass is 218 g/mol. The molecular formula is C10H23AlO3. The molecule has 0 N–H and O–H groups in total. The fraction of sp³-hybridized carbons (Fsp3) is 1.00. The third kappa shape index (κ3) is 14.9. The minimum atomic E-state index is -0.250. The van der Waals surface area contributed by atoms with Crippen molar-refractivity contribution in [1.29, 1.82) is 0 Å². The Hall–Kier alpha value is 0.412. The Morgan fingerprint density at radius 3 is 1.50 bits per heavy atom. The minimum Gasteiger partial charge on any atom is -0.855 e. The van der Waals surface area contributed by atoms with Gasteiger partial charge in [0.1, 0.15) is 0 Å². The van der Waals surface area contributed by atoms with E-state index in [9.17, 15) is 0 Å². The predicted octanol–water partition coefficient (Wildman–Crippen LogP) is 1.52. The van der Waals surface area contributed by atoms with Crippen molar-refractivity contribution in [2.45, 2.75) is 59.7 Å². The summed E-state index contributed by atoms with van der Waals surface area (Å²) >= 11 is -0.250. The second kappa shape index (κ2) is 13.4. The van der Waals surface area contributed by atoms with Crippen LogP contribution in [0, 0.1) is 0 Å². The van der Waals surface area contributed by atoms with Crippen LogP contribution in [0.3, 0.4) is 0 Å². The van der Waals surface area contributed by atoms with Gasteiger partial charge in [-0.25, -0.2) is 0 Å². The van der Waals surface area contributed by atoms with Crippen molar-refractivity contribution in [3.05, 3.63) is 0 Å². The van der Waals surface area contributed by atoms with Crippen molar-refractivity contribution < 1.29 is 12.7 Å². The maximum Gasteiger partial charge on any atom is -0.0809 e. The molecule has 84 valence electrons. The molecule has 0 amide bonds. The van der Waals surface area contributed by atoms with Gasteiger partial charge in [0.05, 0.1) is 0 Å². The molecule has 0 aromatic carbocycles. The zero-order valence-electron chi connectivity index (χ0n) is 10.1. The molecule has 0 saturated carbocycles. The molecule has 0 spiro atoms. The summed E-state index contributed by atoms with van der Waals surface area (Å²) in [5.74, 6) is 0. The standard InChI is InChI=1S/2C4H9O.C2H5O.Al/c2*1-3-4(2)5;1-2-3;/h2*4H,3H2,1-2H3;2H2,1H3;/q3*-1;+3. The van der Waals surface area contributed by atoms with Crippen molar-refractivity contribution in [2.75, 3.05) is 6.61 Å². The molecular weight excluding hydrogens is 195 g/mol. The first-order chi connectivity index (χ1) is 6.62. The molecule has 2 unspecified atom stereocenters. The van der Waals surface area contributed by atoms with E-state index in [1.807, 2.05) is 0 Å². The van der Waals surface area contributed by atoms with Gasteiger partial charge in [0.25, 0.3) is 0 Å². The van der Waals surface area contributed by atoms with Gasteiger partial charge >= 0.3 is 76.2 Å². The fourth-order valence-electron chi connectivity index (χ4n) is 0.414. The Kier molecular flexibility index (Phi) is 16.1. The van der Waals surface area contributed by atoms with Gasteiger partial charge in [0.15, 0.2) is 0 Å². The molecule has 0 heterocycles. The van der Waals surface area contributed by atoms with Gasteiger partial charge in [-0.05, 0) is 0 Å². The third-order valence-corrected chi connectivity index (χ3v) is 2.88. The maximum absolute atomic E-state index is 8.93. The quantitative estimate of drug-likeness (QED) is 0.635. The summed E-state index contributed by atoms with van der Waals surface area (Å²) in [6.07, 6.45) is 2.84. The van der Waals surface area contributed by atoms with Crippen LogP contribution in [0.2, 0.25) is 0 Å². The summed E-state index contributed by atoms with van der Waals surface area (Å²) in [6, 6.07) is 0. The van der Waals surface area contributed by atoms with Crippen LogP contribution in [0.4, 0.5) is 0 Å². The molecule has 0 bridgehead atoms. The summed E-state index contributed by atoms with van der Waals surface area (Å²) in [6.45, 7) is 9.96. The molecule has 4 heteroatoms. The van der Waals surface area contributed by atoms with Crippen LogP contribution in [0.1, 0.15) is 47.5 Å². The summed E-state index contributed by atoms with van der Waals surface area (Å²) < 4.78 is 10.8. The second-order valence-electron chi connectivity index (χ2n) is 3.09. The largest absolute Gasteiger partial charge is 0.855 e. The van der Waals surface area contributed by atoms with Crippen molar-refractivity contribution >= 4 is 15.9 Å². The second-order valence-corrected chi connectivity index (χ2v) is 3.83. The summed E-state index contributed by atoms with van der Waals surface area (Å²) in [5.41, 5.74) is 0. The van der Waals surface area contributed by atoms with Crippen LogP contribution in [0.5, 0.6) is 0 Å². The molecule has 0 aliphatic rings. The van der Waals surface area contributed by atoms with E-state index in [1.54, 1.807) is 6.92 Å². The number of rotatable bonds is 6. The average Bonchev–Trinajstić information content (AvgIpc) is 2.18. The van der Waals surface area contributed by atoms with Crippen LogP contribution in [0.25, 0.3) is 0 Å². The SMILES string of the molecule is CCC(C)[O][Al+][O]C(C)CC.CC[O-]. The van der Waals surface area contributed by atoms with E-state index >= 15 is 0 Å². The van der Waals surface area contributed by atoms with Crippen LogP contribution < -0.4 is 5.11 Å². The van der Waals surface area contributed by atoms with E-state index in [0.717, 1.165) is 12.8 Å². The van der Waals surface area contributed by atoms with Gasteiger partial charge in [-0.1, -0.05) is 6.92 Å². The Morgan fingerprint density at radius 1 is 1.00 bits per heavy atom. The summed E-state index contributed by atoms with van der Waals surface area (Å²) in [7, 11) is 0. The molecule has 0 aromatic rings. The van der Waals surface area contributed by atoms with Crippen LogP contribution >= 0.6 is 0 Å². The van der Waals surface area contributed by atoms with Crippen LogP contribution in [0.15, 0.2) is 0 Å². The van der Waals surface area contributed by atoms with Crippen molar-refractivity contribution in [3.63, 3.8) is 0 Å². The normalized spacial score (nSPS) is 13.6. The summed E-state index contributed by atoms with van der Waals surface area (Å²) in [4.78, 5) is 0. The van der Waals surface area contributed by atoms with E-state index in [-0.39, 0.29) is 22.5 Å². The van der Waals surface area contributed by atoms with Crippen molar-refractivity contribution in [2.24, 2.45) is 0 Å². The van der Waals surface area contributed by atoms with Crippen molar-refractivity contribution in [1.82, 2.24) is 0 Å². The Balaban J connectivity index is 0. The smallest absolute Gasteiger partial charge is 0.0809 e. The Labute approximate surface area is 95.2 Å². The molecule has 0 aliphatic heterocycles. The predicted molar refractivity (Wildman–Crippen MR) is 58.0 cm³/mol. The van der Waals surface area contributed by atoms with Gasteiger partial charge < -0.3 is 5.11 Å². The Morgan fingerprint density at radius 2 is 1.29 bits per heavy atom. The molecule has 0 aromatic heterocycles. The van der Waals surface area contributed by atoms with Gasteiger partial charge in [-0.3, -0.25) is 0 Å². The Bertz CT molecular complexity index is 91.4. The van der Waals surface area contributed by atoms with E-state index < -0.39 is 0 Å². The first kappa shape index (κ1) is 16.8.